The Hall–Kier alpha value is -1.83. The van der Waals surface area contributed by atoms with Crippen molar-refractivity contribution in [3.8, 4) is 5.75 Å². The standard InChI is InChI=1S/C29H42O2/c1-3-5-7-9-11-23-13-15-24(16-14-23)25-17-18-27-22-28(20-19-26(27)21-25)31-29(30)12-10-8-6-4-2/h17-24H,3-16H2,1-2H3/t23-,24-. The van der Waals surface area contributed by atoms with Crippen molar-refractivity contribution in [2.24, 2.45) is 5.92 Å². The van der Waals surface area contributed by atoms with Gasteiger partial charge in [-0.25, -0.2) is 0 Å². The summed E-state index contributed by atoms with van der Waals surface area (Å²) in [6, 6.07) is 12.9. The number of fused-ring (bicyclic) bond motifs is 1. The second-order valence-electron chi connectivity index (χ2n) is 9.62. The van der Waals surface area contributed by atoms with Gasteiger partial charge >= 0.3 is 5.97 Å². The summed E-state index contributed by atoms with van der Waals surface area (Å²) in [5.41, 5.74) is 1.48. The maximum Gasteiger partial charge on any atom is 0.311 e. The molecular weight excluding hydrogens is 380 g/mol. The van der Waals surface area contributed by atoms with Gasteiger partial charge in [-0.05, 0) is 72.4 Å². The van der Waals surface area contributed by atoms with E-state index in [1.54, 1.807) is 0 Å². The molecule has 0 unspecified atom stereocenters. The number of ether oxygens (including phenoxy) is 1. The van der Waals surface area contributed by atoms with E-state index in [2.05, 4.69) is 38.1 Å². The van der Waals surface area contributed by atoms with Crippen LogP contribution in [-0.2, 0) is 4.79 Å². The molecule has 0 spiro atoms. The molecule has 0 amide bonds. The van der Waals surface area contributed by atoms with E-state index in [0.717, 1.165) is 24.1 Å². The molecular formula is C29H42O2. The molecule has 31 heavy (non-hydrogen) atoms. The minimum Gasteiger partial charge on any atom is -0.427 e. The molecule has 3 rings (SSSR count). The Kier molecular flexibility index (Phi) is 9.90. The molecule has 0 atom stereocenters. The lowest BCUT2D eigenvalue weighted by molar-refractivity contribution is -0.134. The summed E-state index contributed by atoms with van der Waals surface area (Å²) in [6.07, 6.45) is 17.3. The first-order valence-electron chi connectivity index (χ1n) is 12.9. The Labute approximate surface area is 189 Å². The summed E-state index contributed by atoms with van der Waals surface area (Å²) in [6.45, 7) is 4.47. The maximum atomic E-state index is 12.1. The lowest BCUT2D eigenvalue weighted by Crippen LogP contribution is -2.13. The molecule has 2 heteroatoms. The van der Waals surface area contributed by atoms with Crippen molar-refractivity contribution in [2.75, 3.05) is 0 Å². The zero-order valence-electron chi connectivity index (χ0n) is 19.8. The van der Waals surface area contributed by atoms with Gasteiger partial charge in [0.05, 0.1) is 0 Å². The van der Waals surface area contributed by atoms with Gasteiger partial charge in [-0.1, -0.05) is 89.5 Å². The number of hydrogen-bond acceptors (Lipinski definition) is 2. The number of rotatable bonds is 12. The number of unbranched alkanes of at least 4 members (excludes halogenated alkanes) is 6. The van der Waals surface area contributed by atoms with Crippen molar-refractivity contribution in [1.82, 2.24) is 0 Å². The topological polar surface area (TPSA) is 26.3 Å². The van der Waals surface area contributed by atoms with Gasteiger partial charge in [0.25, 0.3) is 0 Å². The first-order valence-corrected chi connectivity index (χ1v) is 12.9. The first kappa shape index (κ1) is 23.8. The fraction of sp³-hybridized carbons (Fsp3) is 0.621. The van der Waals surface area contributed by atoms with Crippen LogP contribution in [0.25, 0.3) is 10.8 Å². The highest BCUT2D eigenvalue weighted by atomic mass is 16.5. The predicted molar refractivity (Wildman–Crippen MR) is 132 cm³/mol. The number of hydrogen-bond donors (Lipinski definition) is 0. The number of esters is 1. The summed E-state index contributed by atoms with van der Waals surface area (Å²) >= 11 is 0. The average molecular weight is 423 g/mol. The largest absolute Gasteiger partial charge is 0.427 e. The lowest BCUT2D eigenvalue weighted by Gasteiger charge is -2.29. The molecule has 2 aromatic rings. The van der Waals surface area contributed by atoms with Crippen LogP contribution in [0.4, 0.5) is 0 Å². The fourth-order valence-corrected chi connectivity index (χ4v) is 5.08. The smallest absolute Gasteiger partial charge is 0.311 e. The second-order valence-corrected chi connectivity index (χ2v) is 9.62. The van der Waals surface area contributed by atoms with E-state index in [1.165, 1.54) is 81.6 Å². The van der Waals surface area contributed by atoms with Crippen LogP contribution < -0.4 is 4.74 Å². The molecule has 1 aliphatic carbocycles. The molecule has 0 N–H and O–H groups in total. The summed E-state index contributed by atoms with van der Waals surface area (Å²) in [7, 11) is 0. The van der Waals surface area contributed by atoms with Gasteiger partial charge in [0, 0.05) is 6.42 Å². The van der Waals surface area contributed by atoms with E-state index in [4.69, 9.17) is 4.74 Å². The third-order valence-electron chi connectivity index (χ3n) is 7.09. The normalized spacial score (nSPS) is 18.9. The predicted octanol–water partition coefficient (Wildman–Crippen LogP) is 8.96. The zero-order valence-corrected chi connectivity index (χ0v) is 19.8. The Morgan fingerprint density at radius 2 is 1.48 bits per heavy atom. The van der Waals surface area contributed by atoms with Crippen molar-refractivity contribution in [2.45, 2.75) is 110 Å². The summed E-state index contributed by atoms with van der Waals surface area (Å²) in [5, 5.41) is 2.41. The zero-order chi connectivity index (χ0) is 21.9. The molecule has 0 saturated heterocycles. The maximum absolute atomic E-state index is 12.1. The minimum atomic E-state index is -0.112. The fourth-order valence-electron chi connectivity index (χ4n) is 5.08. The minimum absolute atomic E-state index is 0.112. The molecule has 1 aliphatic rings. The summed E-state index contributed by atoms with van der Waals surface area (Å²) < 4.78 is 5.57. The highest BCUT2D eigenvalue weighted by Gasteiger charge is 2.22. The first-order chi connectivity index (χ1) is 15.2. The number of benzene rings is 2. The molecule has 1 fully saturated rings. The number of carbonyl (C=O) groups is 1. The third kappa shape index (κ3) is 7.66. The lowest BCUT2D eigenvalue weighted by atomic mass is 9.77. The Morgan fingerprint density at radius 1 is 0.806 bits per heavy atom. The SMILES string of the molecule is CCCCCCC(=O)Oc1ccc2cc([C@H]3CC[C@H](CCCCCC)CC3)ccc2c1. The van der Waals surface area contributed by atoms with E-state index < -0.39 is 0 Å². The molecule has 0 radical (unpaired) electrons. The molecule has 0 heterocycles. The van der Waals surface area contributed by atoms with E-state index >= 15 is 0 Å². The van der Waals surface area contributed by atoms with Gasteiger partial charge in [-0.2, -0.15) is 0 Å². The van der Waals surface area contributed by atoms with Gasteiger partial charge in [-0.15, -0.1) is 0 Å². The average Bonchev–Trinajstić information content (AvgIpc) is 2.80. The van der Waals surface area contributed by atoms with E-state index in [0.29, 0.717) is 18.1 Å². The molecule has 170 valence electrons. The van der Waals surface area contributed by atoms with Crippen LogP contribution in [0.3, 0.4) is 0 Å². The van der Waals surface area contributed by atoms with Crippen molar-refractivity contribution < 1.29 is 9.53 Å². The van der Waals surface area contributed by atoms with Crippen LogP contribution in [0.2, 0.25) is 0 Å². The van der Waals surface area contributed by atoms with Crippen LogP contribution >= 0.6 is 0 Å². The second kappa shape index (κ2) is 12.9. The highest BCUT2D eigenvalue weighted by molar-refractivity contribution is 5.85. The van der Waals surface area contributed by atoms with Gasteiger partial charge < -0.3 is 4.74 Å². The van der Waals surface area contributed by atoms with Crippen molar-refractivity contribution >= 4 is 16.7 Å². The Balaban J connectivity index is 1.50. The van der Waals surface area contributed by atoms with Crippen molar-refractivity contribution in [3.63, 3.8) is 0 Å². The van der Waals surface area contributed by atoms with Crippen LogP contribution in [0.5, 0.6) is 5.75 Å². The van der Waals surface area contributed by atoms with Crippen molar-refractivity contribution in [1.29, 1.82) is 0 Å². The Bertz CT molecular complexity index is 801. The third-order valence-corrected chi connectivity index (χ3v) is 7.09. The molecule has 0 bridgehead atoms. The van der Waals surface area contributed by atoms with E-state index in [9.17, 15) is 4.79 Å². The van der Waals surface area contributed by atoms with E-state index in [1.807, 2.05) is 12.1 Å². The van der Waals surface area contributed by atoms with Crippen molar-refractivity contribution in [3.05, 3.63) is 42.0 Å². The molecule has 0 aromatic heterocycles. The van der Waals surface area contributed by atoms with E-state index in [-0.39, 0.29) is 5.97 Å². The highest BCUT2D eigenvalue weighted by Crippen LogP contribution is 2.38. The van der Waals surface area contributed by atoms with Crippen LogP contribution in [-0.4, -0.2) is 5.97 Å². The van der Waals surface area contributed by atoms with Crippen LogP contribution in [0.1, 0.15) is 115 Å². The molecule has 1 saturated carbocycles. The summed E-state index contributed by atoms with van der Waals surface area (Å²) in [5.74, 6) is 2.22. The number of carbonyl (C=O) groups excluding carboxylic acids is 1. The van der Waals surface area contributed by atoms with Gasteiger partial charge in [0.15, 0.2) is 0 Å². The molecule has 2 aromatic carbocycles. The monoisotopic (exact) mass is 422 g/mol. The van der Waals surface area contributed by atoms with Crippen LogP contribution in [0.15, 0.2) is 36.4 Å². The van der Waals surface area contributed by atoms with Gasteiger partial charge in [-0.3, -0.25) is 4.79 Å². The van der Waals surface area contributed by atoms with Gasteiger partial charge in [0.2, 0.25) is 0 Å². The van der Waals surface area contributed by atoms with Gasteiger partial charge in [0.1, 0.15) is 5.75 Å². The summed E-state index contributed by atoms with van der Waals surface area (Å²) in [4.78, 5) is 12.1. The Morgan fingerprint density at radius 3 is 2.23 bits per heavy atom. The quantitative estimate of drug-likeness (QED) is 0.194. The van der Waals surface area contributed by atoms with Crippen LogP contribution in [0, 0.1) is 5.92 Å². The molecule has 0 aliphatic heterocycles. The molecule has 2 nitrogen and oxygen atoms in total.